The highest BCUT2D eigenvalue weighted by Gasteiger charge is 2.00. The van der Waals surface area contributed by atoms with Crippen LogP contribution < -0.4 is 0 Å². The van der Waals surface area contributed by atoms with Crippen LogP contribution in [-0.2, 0) is 0 Å². The number of aliphatic hydroxyl groups is 1. The van der Waals surface area contributed by atoms with Crippen molar-refractivity contribution >= 4 is 0 Å². The Kier molecular flexibility index (Phi) is 9.94. The first kappa shape index (κ1) is 12.9. The van der Waals surface area contributed by atoms with Crippen molar-refractivity contribution in [3.05, 3.63) is 0 Å². The maximum absolute atomic E-state index is 8.62. The van der Waals surface area contributed by atoms with E-state index in [0.29, 0.717) is 6.61 Å². The quantitative estimate of drug-likeness (QED) is 0.560. The molecule has 80 valence electrons. The predicted octanol–water partition coefficient (Wildman–Crippen LogP) is 2.27. The van der Waals surface area contributed by atoms with Crippen LogP contribution in [-0.4, -0.2) is 36.2 Å². The maximum Gasteiger partial charge on any atom is 0.0431 e. The molecule has 0 saturated heterocycles. The smallest absolute Gasteiger partial charge is 0.0431 e. The number of hydrogen-bond donors (Lipinski definition) is 1. The Morgan fingerprint density at radius 1 is 0.846 bits per heavy atom. The van der Waals surface area contributed by atoms with Crippen molar-refractivity contribution in [2.75, 3.05) is 26.2 Å². The molecule has 0 saturated carbocycles. The van der Waals surface area contributed by atoms with Crippen LogP contribution in [0.5, 0.6) is 0 Å². The van der Waals surface area contributed by atoms with Gasteiger partial charge in [0.2, 0.25) is 0 Å². The molecule has 0 aromatic rings. The summed E-state index contributed by atoms with van der Waals surface area (Å²) in [5, 5.41) is 8.62. The van der Waals surface area contributed by atoms with Crippen molar-refractivity contribution in [2.45, 2.75) is 46.0 Å². The van der Waals surface area contributed by atoms with Crippen molar-refractivity contribution in [1.82, 2.24) is 4.90 Å². The Hall–Kier alpha value is -0.0800. The summed E-state index contributed by atoms with van der Waals surface area (Å²) >= 11 is 0. The second kappa shape index (κ2) is 10.0. The Morgan fingerprint density at radius 3 is 1.92 bits per heavy atom. The summed E-state index contributed by atoms with van der Waals surface area (Å²) in [6, 6.07) is 0. The molecule has 0 atom stereocenters. The summed E-state index contributed by atoms with van der Waals surface area (Å²) in [4.78, 5) is 2.53. The second-order valence-electron chi connectivity index (χ2n) is 3.63. The molecule has 0 aliphatic rings. The number of rotatable bonds is 9. The molecule has 0 spiro atoms. The molecule has 1 N–H and O–H groups in total. The fourth-order valence-corrected chi connectivity index (χ4v) is 1.59. The van der Waals surface area contributed by atoms with Gasteiger partial charge in [0.1, 0.15) is 0 Å². The van der Waals surface area contributed by atoms with Crippen molar-refractivity contribution < 1.29 is 5.11 Å². The summed E-state index contributed by atoms with van der Waals surface area (Å²) in [5.74, 6) is 0. The van der Waals surface area contributed by atoms with Gasteiger partial charge in [0, 0.05) is 6.61 Å². The highest BCUT2D eigenvalue weighted by molar-refractivity contribution is 4.56. The minimum atomic E-state index is 0.349. The first-order valence-corrected chi connectivity index (χ1v) is 5.68. The van der Waals surface area contributed by atoms with E-state index in [1.807, 2.05) is 0 Å². The zero-order valence-electron chi connectivity index (χ0n) is 9.26. The van der Waals surface area contributed by atoms with E-state index in [1.54, 1.807) is 0 Å². The normalized spacial score (nSPS) is 11.1. The zero-order chi connectivity index (χ0) is 9.94. The predicted molar refractivity (Wildman–Crippen MR) is 58.0 cm³/mol. The average Bonchev–Trinajstić information content (AvgIpc) is 2.13. The first-order chi connectivity index (χ1) is 6.35. The fraction of sp³-hybridized carbons (Fsp3) is 1.00. The summed E-state index contributed by atoms with van der Waals surface area (Å²) < 4.78 is 0. The summed E-state index contributed by atoms with van der Waals surface area (Å²) in [6.45, 7) is 8.48. The lowest BCUT2D eigenvalue weighted by Crippen LogP contribution is -2.26. The van der Waals surface area contributed by atoms with Crippen LogP contribution in [0.4, 0.5) is 0 Å². The van der Waals surface area contributed by atoms with Crippen molar-refractivity contribution in [3.63, 3.8) is 0 Å². The van der Waals surface area contributed by atoms with Crippen LogP contribution in [0.15, 0.2) is 0 Å². The van der Waals surface area contributed by atoms with Gasteiger partial charge in [-0.2, -0.15) is 0 Å². The van der Waals surface area contributed by atoms with Crippen LogP contribution in [0.2, 0.25) is 0 Å². The van der Waals surface area contributed by atoms with Gasteiger partial charge < -0.3 is 10.0 Å². The minimum absolute atomic E-state index is 0.349. The zero-order valence-corrected chi connectivity index (χ0v) is 9.26. The van der Waals surface area contributed by atoms with E-state index in [0.717, 1.165) is 6.42 Å². The molecule has 0 fully saturated rings. The van der Waals surface area contributed by atoms with Gasteiger partial charge in [-0.3, -0.25) is 0 Å². The van der Waals surface area contributed by atoms with Crippen LogP contribution in [0.1, 0.15) is 46.0 Å². The lowest BCUT2D eigenvalue weighted by atomic mass is 10.2. The van der Waals surface area contributed by atoms with E-state index in [1.165, 1.54) is 45.3 Å². The van der Waals surface area contributed by atoms with E-state index < -0.39 is 0 Å². The molecule has 2 heteroatoms. The molecule has 0 bridgehead atoms. The Balaban J connectivity index is 3.33. The second-order valence-corrected chi connectivity index (χ2v) is 3.63. The third kappa shape index (κ3) is 8.26. The van der Waals surface area contributed by atoms with Gasteiger partial charge in [-0.15, -0.1) is 0 Å². The van der Waals surface area contributed by atoms with Crippen LogP contribution in [0, 0.1) is 0 Å². The summed E-state index contributed by atoms with van der Waals surface area (Å²) in [7, 11) is 0. The maximum atomic E-state index is 8.62. The van der Waals surface area contributed by atoms with Gasteiger partial charge in [-0.25, -0.2) is 0 Å². The molecular formula is C11H25NO. The summed E-state index contributed by atoms with van der Waals surface area (Å²) in [6.07, 6.45) is 5.87. The highest BCUT2D eigenvalue weighted by Crippen LogP contribution is 2.00. The highest BCUT2D eigenvalue weighted by atomic mass is 16.2. The van der Waals surface area contributed by atoms with Crippen molar-refractivity contribution in [3.8, 4) is 0 Å². The van der Waals surface area contributed by atoms with Crippen molar-refractivity contribution in [1.29, 1.82) is 0 Å². The molecule has 0 unspecified atom stereocenters. The minimum Gasteiger partial charge on any atom is -0.396 e. The van der Waals surface area contributed by atoms with Crippen LogP contribution >= 0.6 is 0 Å². The Morgan fingerprint density at radius 2 is 1.46 bits per heavy atom. The van der Waals surface area contributed by atoms with Gasteiger partial charge in [0.15, 0.2) is 0 Å². The molecule has 0 aromatic heterocycles. The number of hydrogen-bond acceptors (Lipinski definition) is 2. The Labute approximate surface area is 82.9 Å². The standard InChI is InChI=1S/C11H25NO/c1-3-8-12(9-4-2)10-6-5-7-11-13/h13H,3-11H2,1-2H3. The van der Waals surface area contributed by atoms with Gasteiger partial charge in [0.25, 0.3) is 0 Å². The molecule has 13 heavy (non-hydrogen) atoms. The monoisotopic (exact) mass is 187 g/mol. The first-order valence-electron chi connectivity index (χ1n) is 5.68. The molecule has 0 heterocycles. The molecule has 0 aromatic carbocycles. The van der Waals surface area contributed by atoms with Gasteiger partial charge in [-0.1, -0.05) is 13.8 Å². The topological polar surface area (TPSA) is 23.5 Å². The third-order valence-electron chi connectivity index (χ3n) is 2.21. The SMILES string of the molecule is CCCN(CCC)CCCCCO. The number of aliphatic hydroxyl groups excluding tert-OH is 1. The van der Waals surface area contributed by atoms with E-state index in [9.17, 15) is 0 Å². The molecule has 2 nitrogen and oxygen atoms in total. The van der Waals surface area contributed by atoms with Crippen molar-refractivity contribution in [2.24, 2.45) is 0 Å². The van der Waals surface area contributed by atoms with E-state index in [2.05, 4.69) is 18.7 Å². The molecule has 0 aliphatic heterocycles. The average molecular weight is 187 g/mol. The van der Waals surface area contributed by atoms with Gasteiger partial charge in [-0.05, 0) is 51.7 Å². The molecule has 0 radical (unpaired) electrons. The molecule has 0 amide bonds. The van der Waals surface area contributed by atoms with E-state index >= 15 is 0 Å². The van der Waals surface area contributed by atoms with Crippen LogP contribution in [0.25, 0.3) is 0 Å². The lowest BCUT2D eigenvalue weighted by molar-refractivity contribution is 0.253. The third-order valence-corrected chi connectivity index (χ3v) is 2.21. The lowest BCUT2D eigenvalue weighted by Gasteiger charge is -2.20. The summed E-state index contributed by atoms with van der Waals surface area (Å²) in [5.41, 5.74) is 0. The Bertz CT molecular complexity index is 90.1. The number of nitrogens with zero attached hydrogens (tertiary/aromatic N) is 1. The molecule has 0 rings (SSSR count). The van der Waals surface area contributed by atoms with Crippen LogP contribution in [0.3, 0.4) is 0 Å². The fourth-order valence-electron chi connectivity index (χ4n) is 1.59. The van der Waals surface area contributed by atoms with E-state index in [4.69, 9.17) is 5.11 Å². The number of unbranched alkanes of at least 4 members (excludes halogenated alkanes) is 2. The molecular weight excluding hydrogens is 162 g/mol. The molecule has 0 aliphatic carbocycles. The largest absolute Gasteiger partial charge is 0.396 e. The van der Waals surface area contributed by atoms with E-state index in [-0.39, 0.29) is 0 Å². The van der Waals surface area contributed by atoms with Gasteiger partial charge in [0.05, 0.1) is 0 Å². The van der Waals surface area contributed by atoms with Gasteiger partial charge >= 0.3 is 0 Å².